The van der Waals surface area contributed by atoms with Crippen molar-refractivity contribution in [1.29, 1.82) is 0 Å². The van der Waals surface area contributed by atoms with Crippen molar-refractivity contribution >= 4 is 16.8 Å². The monoisotopic (exact) mass is 327 g/mol. The second-order valence-corrected chi connectivity index (χ2v) is 6.45. The van der Waals surface area contributed by atoms with Gasteiger partial charge < -0.3 is 15.8 Å². The van der Waals surface area contributed by atoms with E-state index in [1.165, 1.54) is 0 Å². The molecule has 0 bridgehead atoms. The maximum atomic E-state index is 12.1. The normalized spacial score (nSPS) is 20.7. The van der Waals surface area contributed by atoms with Crippen LogP contribution >= 0.6 is 0 Å². The van der Waals surface area contributed by atoms with E-state index < -0.39 is 0 Å². The summed E-state index contributed by atoms with van der Waals surface area (Å²) in [5, 5.41) is 4.07. The highest BCUT2D eigenvalue weighted by Gasteiger charge is 2.24. The third kappa shape index (κ3) is 4.23. The van der Waals surface area contributed by atoms with E-state index in [0.29, 0.717) is 13.2 Å². The van der Waals surface area contributed by atoms with E-state index in [9.17, 15) is 4.79 Å². The standard InChI is InChI=1S/C19H25N3O2/c20-16-8-1-6-15(13-16)19(23)22-11-4-12-24-17-9-2-5-14-7-3-10-21-18(14)17/h2-3,5,7,9-10,15-16H,1,4,6,8,11-13,20H2,(H,22,23). The highest BCUT2D eigenvalue weighted by Crippen LogP contribution is 2.24. The van der Waals surface area contributed by atoms with E-state index in [1.807, 2.05) is 30.3 Å². The molecule has 2 unspecified atom stereocenters. The second kappa shape index (κ2) is 8.11. The fourth-order valence-corrected chi connectivity index (χ4v) is 3.27. The van der Waals surface area contributed by atoms with Crippen LogP contribution in [0.1, 0.15) is 32.1 Å². The fourth-order valence-electron chi connectivity index (χ4n) is 3.27. The number of carbonyl (C=O) groups is 1. The predicted octanol–water partition coefficient (Wildman–Crippen LogP) is 2.64. The molecule has 5 nitrogen and oxygen atoms in total. The second-order valence-electron chi connectivity index (χ2n) is 6.45. The molecule has 0 radical (unpaired) electrons. The van der Waals surface area contributed by atoms with E-state index in [0.717, 1.165) is 48.8 Å². The minimum atomic E-state index is 0.0805. The van der Waals surface area contributed by atoms with Crippen molar-refractivity contribution in [2.24, 2.45) is 11.7 Å². The predicted molar refractivity (Wildman–Crippen MR) is 94.8 cm³/mol. The number of nitrogens with two attached hydrogens (primary N) is 1. The molecule has 5 heteroatoms. The molecule has 0 spiro atoms. The number of nitrogens with zero attached hydrogens (tertiary/aromatic N) is 1. The van der Waals surface area contributed by atoms with Gasteiger partial charge in [-0.2, -0.15) is 0 Å². The topological polar surface area (TPSA) is 77.2 Å². The highest BCUT2D eigenvalue weighted by atomic mass is 16.5. The summed E-state index contributed by atoms with van der Waals surface area (Å²) in [5.74, 6) is 1.01. The Labute approximate surface area is 142 Å². The number of hydrogen-bond acceptors (Lipinski definition) is 4. The zero-order valence-corrected chi connectivity index (χ0v) is 13.9. The molecule has 0 aliphatic heterocycles. The smallest absolute Gasteiger partial charge is 0.223 e. The number of amides is 1. The van der Waals surface area contributed by atoms with E-state index in [2.05, 4.69) is 10.3 Å². The third-order valence-electron chi connectivity index (χ3n) is 4.56. The Kier molecular flexibility index (Phi) is 5.64. The maximum absolute atomic E-state index is 12.1. The number of carbonyl (C=O) groups excluding carboxylic acids is 1. The maximum Gasteiger partial charge on any atom is 0.223 e. The first-order valence-electron chi connectivity index (χ1n) is 8.74. The van der Waals surface area contributed by atoms with Gasteiger partial charge in [-0.3, -0.25) is 9.78 Å². The van der Waals surface area contributed by atoms with Gasteiger partial charge in [0.15, 0.2) is 0 Å². The Morgan fingerprint density at radius 3 is 3.04 bits per heavy atom. The molecule has 2 atom stereocenters. The number of aromatic nitrogens is 1. The number of pyridine rings is 1. The lowest BCUT2D eigenvalue weighted by Gasteiger charge is -2.25. The van der Waals surface area contributed by atoms with Gasteiger partial charge in [0.2, 0.25) is 5.91 Å². The number of para-hydroxylation sites is 1. The van der Waals surface area contributed by atoms with E-state index in [4.69, 9.17) is 10.5 Å². The van der Waals surface area contributed by atoms with Gasteiger partial charge in [0.25, 0.3) is 0 Å². The molecule has 1 fully saturated rings. The van der Waals surface area contributed by atoms with Gasteiger partial charge in [0.1, 0.15) is 11.3 Å². The van der Waals surface area contributed by atoms with Crippen LogP contribution in [0.3, 0.4) is 0 Å². The summed E-state index contributed by atoms with van der Waals surface area (Å²) in [5.41, 5.74) is 6.82. The lowest BCUT2D eigenvalue weighted by Crippen LogP contribution is -2.38. The molecule has 2 aromatic rings. The summed E-state index contributed by atoms with van der Waals surface area (Å²) in [6, 6.07) is 10.0. The number of ether oxygens (including phenoxy) is 1. The molecule has 1 saturated carbocycles. The van der Waals surface area contributed by atoms with Crippen LogP contribution in [0, 0.1) is 5.92 Å². The zero-order chi connectivity index (χ0) is 16.8. The van der Waals surface area contributed by atoms with Gasteiger partial charge in [-0.05, 0) is 37.8 Å². The molecular formula is C19H25N3O2. The van der Waals surface area contributed by atoms with Crippen molar-refractivity contribution < 1.29 is 9.53 Å². The number of fused-ring (bicyclic) bond motifs is 1. The molecule has 1 aliphatic rings. The number of benzene rings is 1. The minimum absolute atomic E-state index is 0.0805. The molecule has 0 saturated heterocycles. The van der Waals surface area contributed by atoms with Gasteiger partial charge in [0.05, 0.1) is 6.61 Å². The quantitative estimate of drug-likeness (QED) is 0.800. The molecular weight excluding hydrogens is 302 g/mol. The average molecular weight is 327 g/mol. The SMILES string of the molecule is NC1CCCC(C(=O)NCCCOc2cccc3cccnc23)C1. The van der Waals surface area contributed by atoms with Gasteiger partial charge in [-0.25, -0.2) is 0 Å². The summed E-state index contributed by atoms with van der Waals surface area (Å²) in [6.45, 7) is 1.18. The van der Waals surface area contributed by atoms with Gasteiger partial charge in [-0.15, -0.1) is 0 Å². The summed E-state index contributed by atoms with van der Waals surface area (Å²) >= 11 is 0. The summed E-state index contributed by atoms with van der Waals surface area (Å²) in [4.78, 5) is 16.5. The molecule has 1 amide bonds. The van der Waals surface area contributed by atoms with Crippen molar-refractivity contribution in [3.8, 4) is 5.75 Å². The number of hydrogen-bond donors (Lipinski definition) is 2. The third-order valence-corrected chi connectivity index (χ3v) is 4.56. The van der Waals surface area contributed by atoms with Crippen LogP contribution in [-0.2, 0) is 4.79 Å². The summed E-state index contributed by atoms with van der Waals surface area (Å²) in [7, 11) is 0. The van der Waals surface area contributed by atoms with Crippen molar-refractivity contribution in [2.75, 3.05) is 13.2 Å². The number of rotatable bonds is 6. The number of nitrogens with one attached hydrogen (secondary N) is 1. The molecule has 1 aromatic carbocycles. The van der Waals surface area contributed by atoms with Gasteiger partial charge in [0, 0.05) is 30.1 Å². The summed E-state index contributed by atoms with van der Waals surface area (Å²) in [6.07, 6.45) is 6.40. The lowest BCUT2D eigenvalue weighted by molar-refractivity contribution is -0.126. The first kappa shape index (κ1) is 16.7. The fraction of sp³-hybridized carbons (Fsp3) is 0.474. The average Bonchev–Trinajstić information content (AvgIpc) is 2.61. The molecule has 3 rings (SSSR count). The zero-order valence-electron chi connectivity index (χ0n) is 13.9. The molecule has 1 heterocycles. The van der Waals surface area contributed by atoms with Crippen LogP contribution in [0.4, 0.5) is 0 Å². The van der Waals surface area contributed by atoms with Crippen LogP contribution in [0.5, 0.6) is 5.75 Å². The van der Waals surface area contributed by atoms with Crippen LogP contribution in [0.15, 0.2) is 36.5 Å². The molecule has 3 N–H and O–H groups in total. The molecule has 24 heavy (non-hydrogen) atoms. The van der Waals surface area contributed by atoms with Crippen LogP contribution in [-0.4, -0.2) is 30.1 Å². The van der Waals surface area contributed by atoms with Crippen molar-refractivity contribution in [3.63, 3.8) is 0 Å². The van der Waals surface area contributed by atoms with Crippen molar-refractivity contribution in [3.05, 3.63) is 36.5 Å². The van der Waals surface area contributed by atoms with Crippen molar-refractivity contribution in [1.82, 2.24) is 10.3 Å². The molecule has 1 aromatic heterocycles. The van der Waals surface area contributed by atoms with Crippen molar-refractivity contribution in [2.45, 2.75) is 38.1 Å². The molecule has 1 aliphatic carbocycles. The van der Waals surface area contributed by atoms with E-state index in [1.54, 1.807) is 6.20 Å². The summed E-state index contributed by atoms with van der Waals surface area (Å²) < 4.78 is 5.83. The lowest BCUT2D eigenvalue weighted by atomic mass is 9.85. The highest BCUT2D eigenvalue weighted by molar-refractivity contribution is 5.84. The first-order chi connectivity index (χ1) is 11.7. The van der Waals surface area contributed by atoms with Crippen LogP contribution in [0.25, 0.3) is 10.9 Å². The Balaban J connectivity index is 1.41. The Morgan fingerprint density at radius 1 is 1.29 bits per heavy atom. The van der Waals surface area contributed by atoms with Crippen LogP contribution in [0.2, 0.25) is 0 Å². The van der Waals surface area contributed by atoms with Gasteiger partial charge >= 0.3 is 0 Å². The van der Waals surface area contributed by atoms with E-state index in [-0.39, 0.29) is 17.9 Å². The Bertz CT molecular complexity index is 684. The van der Waals surface area contributed by atoms with Crippen LogP contribution < -0.4 is 15.8 Å². The largest absolute Gasteiger partial charge is 0.491 e. The van der Waals surface area contributed by atoms with E-state index >= 15 is 0 Å². The Hall–Kier alpha value is -2.14. The molecule has 128 valence electrons. The minimum Gasteiger partial charge on any atom is -0.491 e. The first-order valence-corrected chi connectivity index (χ1v) is 8.74. The van der Waals surface area contributed by atoms with Gasteiger partial charge in [-0.1, -0.05) is 24.6 Å². The Morgan fingerprint density at radius 2 is 2.17 bits per heavy atom.